The van der Waals surface area contributed by atoms with Gasteiger partial charge in [0, 0.05) is 18.7 Å². The number of aliphatic hydroxyl groups excluding tert-OH is 1. The predicted octanol–water partition coefficient (Wildman–Crippen LogP) is 1.11. The van der Waals surface area contributed by atoms with Crippen molar-refractivity contribution >= 4 is 11.5 Å². The Morgan fingerprint density at radius 1 is 1.59 bits per heavy atom. The van der Waals surface area contributed by atoms with Crippen LogP contribution in [0.5, 0.6) is 0 Å². The Labute approximate surface area is 100 Å². The van der Waals surface area contributed by atoms with E-state index in [4.69, 9.17) is 11.0 Å². The Balaban J connectivity index is 1.97. The molecule has 0 aliphatic heterocycles. The van der Waals surface area contributed by atoms with Crippen molar-refractivity contribution in [3.8, 4) is 6.07 Å². The molecule has 0 spiro atoms. The number of pyridine rings is 1. The normalized spacial score (nSPS) is 23.3. The van der Waals surface area contributed by atoms with Crippen LogP contribution in [0.3, 0.4) is 0 Å². The Kier molecular flexibility index (Phi) is 3.45. The average molecular weight is 232 g/mol. The van der Waals surface area contributed by atoms with Gasteiger partial charge in [0.1, 0.15) is 11.9 Å². The molecular formula is C12H16N4O. The van der Waals surface area contributed by atoms with Gasteiger partial charge in [-0.15, -0.1) is 0 Å². The molecule has 0 aromatic carbocycles. The van der Waals surface area contributed by atoms with Gasteiger partial charge in [-0.3, -0.25) is 0 Å². The van der Waals surface area contributed by atoms with Gasteiger partial charge in [0.05, 0.1) is 17.4 Å². The average Bonchev–Trinajstić information content (AvgIpc) is 2.73. The molecule has 17 heavy (non-hydrogen) atoms. The fourth-order valence-corrected chi connectivity index (χ4v) is 2.17. The van der Waals surface area contributed by atoms with Crippen molar-refractivity contribution in [2.75, 3.05) is 17.6 Å². The lowest BCUT2D eigenvalue weighted by Crippen LogP contribution is -2.22. The monoisotopic (exact) mass is 232 g/mol. The van der Waals surface area contributed by atoms with E-state index < -0.39 is 0 Å². The summed E-state index contributed by atoms with van der Waals surface area (Å²) in [5.74, 6) is 0.856. The van der Waals surface area contributed by atoms with Gasteiger partial charge in [0.25, 0.3) is 0 Å². The molecule has 2 rings (SSSR count). The van der Waals surface area contributed by atoms with Gasteiger partial charge in [0.15, 0.2) is 0 Å². The van der Waals surface area contributed by atoms with Crippen LogP contribution in [0.25, 0.3) is 0 Å². The molecule has 90 valence electrons. The number of nitrogen functional groups attached to an aromatic ring is 1. The first-order valence-electron chi connectivity index (χ1n) is 5.78. The zero-order chi connectivity index (χ0) is 12.3. The van der Waals surface area contributed by atoms with Gasteiger partial charge >= 0.3 is 0 Å². The molecule has 1 aromatic heterocycles. The number of nitrogens with zero attached hydrogens (tertiary/aromatic N) is 2. The first-order chi connectivity index (χ1) is 8.20. The number of hydrogen-bond acceptors (Lipinski definition) is 5. The smallest absolute Gasteiger partial charge is 0.149 e. The Hall–Kier alpha value is -1.80. The van der Waals surface area contributed by atoms with Gasteiger partial charge in [-0.1, -0.05) is 6.42 Å². The van der Waals surface area contributed by atoms with E-state index in [9.17, 15) is 5.11 Å². The molecule has 0 radical (unpaired) electrons. The van der Waals surface area contributed by atoms with Crippen molar-refractivity contribution in [3.05, 3.63) is 17.8 Å². The van der Waals surface area contributed by atoms with E-state index in [0.717, 1.165) is 19.3 Å². The van der Waals surface area contributed by atoms with E-state index in [-0.39, 0.29) is 12.0 Å². The molecule has 1 aromatic rings. The third-order valence-electron chi connectivity index (χ3n) is 3.20. The Morgan fingerprint density at radius 2 is 2.41 bits per heavy atom. The first kappa shape index (κ1) is 11.7. The molecule has 1 saturated carbocycles. The summed E-state index contributed by atoms with van der Waals surface area (Å²) < 4.78 is 0. The van der Waals surface area contributed by atoms with E-state index in [2.05, 4.69) is 10.3 Å². The quantitative estimate of drug-likeness (QED) is 0.725. The van der Waals surface area contributed by atoms with Crippen LogP contribution in [0, 0.1) is 17.2 Å². The Bertz CT molecular complexity index is 441. The van der Waals surface area contributed by atoms with Gasteiger partial charge in [0.2, 0.25) is 0 Å². The minimum Gasteiger partial charge on any atom is -0.396 e. The largest absolute Gasteiger partial charge is 0.396 e. The second-order valence-corrected chi connectivity index (χ2v) is 4.41. The van der Waals surface area contributed by atoms with E-state index >= 15 is 0 Å². The lowest BCUT2D eigenvalue weighted by molar-refractivity contribution is 0.138. The number of hydrogen-bond donors (Lipinski definition) is 3. The molecular weight excluding hydrogens is 216 g/mol. The maximum atomic E-state index is 9.68. The summed E-state index contributed by atoms with van der Waals surface area (Å²) in [6.45, 7) is 0.671. The van der Waals surface area contributed by atoms with Crippen molar-refractivity contribution in [3.63, 3.8) is 0 Å². The molecule has 2 unspecified atom stereocenters. The van der Waals surface area contributed by atoms with Crippen LogP contribution in [0.2, 0.25) is 0 Å². The van der Waals surface area contributed by atoms with Crippen molar-refractivity contribution in [2.45, 2.75) is 25.4 Å². The summed E-state index contributed by atoms with van der Waals surface area (Å²) in [5, 5.41) is 21.5. The van der Waals surface area contributed by atoms with Gasteiger partial charge < -0.3 is 16.2 Å². The van der Waals surface area contributed by atoms with Crippen LogP contribution < -0.4 is 11.1 Å². The van der Waals surface area contributed by atoms with Crippen LogP contribution in [-0.2, 0) is 0 Å². The van der Waals surface area contributed by atoms with E-state index in [1.54, 1.807) is 6.07 Å². The van der Waals surface area contributed by atoms with Crippen LogP contribution in [0.1, 0.15) is 24.8 Å². The van der Waals surface area contributed by atoms with Crippen molar-refractivity contribution in [1.82, 2.24) is 4.98 Å². The minimum absolute atomic E-state index is 0.220. The zero-order valence-electron chi connectivity index (χ0n) is 9.56. The number of aromatic nitrogens is 1. The Morgan fingerprint density at radius 3 is 3.00 bits per heavy atom. The highest BCUT2D eigenvalue weighted by molar-refractivity contribution is 5.63. The van der Waals surface area contributed by atoms with E-state index in [1.165, 1.54) is 6.20 Å². The van der Waals surface area contributed by atoms with E-state index in [1.807, 2.05) is 6.07 Å². The molecule has 0 bridgehead atoms. The van der Waals surface area contributed by atoms with Crippen LogP contribution in [0.15, 0.2) is 12.3 Å². The number of rotatable bonds is 3. The van der Waals surface area contributed by atoms with Gasteiger partial charge in [-0.05, 0) is 18.9 Å². The van der Waals surface area contributed by atoms with Crippen molar-refractivity contribution in [2.24, 2.45) is 5.92 Å². The third kappa shape index (κ3) is 2.66. The second kappa shape index (κ2) is 5.02. The number of nitrogens with one attached hydrogen (secondary N) is 1. The summed E-state index contributed by atoms with van der Waals surface area (Å²) in [4.78, 5) is 4.09. The molecule has 1 aliphatic rings. The summed E-state index contributed by atoms with van der Waals surface area (Å²) in [6.07, 6.45) is 4.25. The number of anilines is 2. The van der Waals surface area contributed by atoms with Crippen LogP contribution >= 0.6 is 0 Å². The lowest BCUT2D eigenvalue weighted by Gasteiger charge is -2.16. The molecule has 5 heteroatoms. The number of nitrogens with two attached hydrogens (primary N) is 1. The van der Waals surface area contributed by atoms with Crippen molar-refractivity contribution in [1.29, 1.82) is 5.26 Å². The molecule has 2 atom stereocenters. The van der Waals surface area contributed by atoms with E-state index in [0.29, 0.717) is 23.6 Å². The second-order valence-electron chi connectivity index (χ2n) is 4.41. The number of nitriles is 1. The van der Waals surface area contributed by atoms with Crippen LogP contribution in [-0.4, -0.2) is 22.7 Å². The highest BCUT2D eigenvalue weighted by Gasteiger charge is 2.24. The molecule has 4 N–H and O–H groups in total. The summed E-state index contributed by atoms with van der Waals surface area (Å²) in [7, 11) is 0. The molecule has 0 saturated heterocycles. The zero-order valence-corrected chi connectivity index (χ0v) is 9.56. The lowest BCUT2D eigenvalue weighted by atomic mass is 10.1. The molecule has 1 heterocycles. The standard InChI is InChI=1S/C12H16N4O/c13-5-8-4-10(14)12(15-6-8)16-7-9-2-1-3-11(9)17/h4,6,9,11,17H,1-3,7,14H2,(H,15,16). The van der Waals surface area contributed by atoms with Crippen molar-refractivity contribution < 1.29 is 5.11 Å². The van der Waals surface area contributed by atoms with Gasteiger partial charge in [-0.25, -0.2) is 4.98 Å². The maximum absolute atomic E-state index is 9.68. The SMILES string of the molecule is N#Cc1cnc(NCC2CCCC2O)c(N)c1. The third-order valence-corrected chi connectivity index (χ3v) is 3.20. The highest BCUT2D eigenvalue weighted by atomic mass is 16.3. The van der Waals surface area contributed by atoms with Crippen LogP contribution in [0.4, 0.5) is 11.5 Å². The predicted molar refractivity (Wildman–Crippen MR) is 65.2 cm³/mol. The molecule has 1 fully saturated rings. The summed E-state index contributed by atoms with van der Waals surface area (Å²) in [6, 6.07) is 3.59. The molecule has 0 amide bonds. The fourth-order valence-electron chi connectivity index (χ4n) is 2.17. The summed E-state index contributed by atoms with van der Waals surface area (Å²) >= 11 is 0. The number of aliphatic hydroxyl groups is 1. The fraction of sp³-hybridized carbons (Fsp3) is 0.500. The topological polar surface area (TPSA) is 95.0 Å². The summed E-state index contributed by atoms with van der Waals surface area (Å²) in [5.41, 5.74) is 6.70. The van der Waals surface area contributed by atoms with Gasteiger partial charge in [-0.2, -0.15) is 5.26 Å². The molecule has 5 nitrogen and oxygen atoms in total. The first-order valence-corrected chi connectivity index (χ1v) is 5.78. The molecule has 1 aliphatic carbocycles. The minimum atomic E-state index is -0.220. The maximum Gasteiger partial charge on any atom is 0.149 e. The highest BCUT2D eigenvalue weighted by Crippen LogP contribution is 2.26.